The summed E-state index contributed by atoms with van der Waals surface area (Å²) in [6, 6.07) is 12.7. The summed E-state index contributed by atoms with van der Waals surface area (Å²) in [5, 5.41) is 11.6. The maximum Gasteiger partial charge on any atom is 0.0651 e. The number of aryl methyl sites for hydroxylation is 1. The van der Waals surface area contributed by atoms with Crippen LogP contribution in [0.15, 0.2) is 42.6 Å². The van der Waals surface area contributed by atoms with Crippen LogP contribution in [0.25, 0.3) is 10.9 Å². The lowest BCUT2D eigenvalue weighted by molar-refractivity contribution is 1.10. The number of aromatic amines is 1. The van der Waals surface area contributed by atoms with Crippen LogP contribution >= 0.6 is 0 Å². The molecular weight excluding hydrogens is 234 g/mol. The van der Waals surface area contributed by atoms with Gasteiger partial charge >= 0.3 is 0 Å². The molecule has 3 heteroatoms. The van der Waals surface area contributed by atoms with Gasteiger partial charge in [0.15, 0.2) is 0 Å². The van der Waals surface area contributed by atoms with Gasteiger partial charge in [-0.05, 0) is 48.7 Å². The third-order valence-corrected chi connectivity index (χ3v) is 3.64. The van der Waals surface area contributed by atoms with Crippen molar-refractivity contribution in [2.75, 3.05) is 5.32 Å². The Morgan fingerprint density at radius 2 is 2.05 bits per heavy atom. The van der Waals surface area contributed by atoms with Gasteiger partial charge in [0.2, 0.25) is 0 Å². The summed E-state index contributed by atoms with van der Waals surface area (Å²) in [7, 11) is 0. The highest BCUT2D eigenvalue weighted by Gasteiger charge is 2.01. The number of H-pyrrole nitrogens is 1. The molecule has 2 N–H and O–H groups in total. The summed E-state index contributed by atoms with van der Waals surface area (Å²) < 4.78 is 0. The highest BCUT2D eigenvalue weighted by molar-refractivity contribution is 5.81. The monoisotopic (exact) mass is 251 g/mol. The van der Waals surface area contributed by atoms with Gasteiger partial charge < -0.3 is 5.32 Å². The summed E-state index contributed by atoms with van der Waals surface area (Å²) in [6.07, 6.45) is 1.85. The zero-order valence-electron chi connectivity index (χ0n) is 11.2. The Balaban J connectivity index is 1.80. The maximum atomic E-state index is 4.03. The standard InChI is InChI=1S/C16H17N3/c1-11-4-3-5-13(12(11)2)9-17-15-6-7-16-14(8-15)10-18-19-16/h3-8,10,17H,9H2,1-2H3,(H,18,19). The van der Waals surface area contributed by atoms with Gasteiger partial charge in [-0.2, -0.15) is 5.10 Å². The van der Waals surface area contributed by atoms with Crippen LogP contribution in [0.1, 0.15) is 16.7 Å². The SMILES string of the molecule is Cc1cccc(CNc2ccc3[nH]ncc3c2)c1C. The molecule has 1 aromatic heterocycles. The zero-order chi connectivity index (χ0) is 13.2. The van der Waals surface area contributed by atoms with Crippen molar-refractivity contribution in [2.45, 2.75) is 20.4 Å². The van der Waals surface area contributed by atoms with Crippen molar-refractivity contribution >= 4 is 16.6 Å². The van der Waals surface area contributed by atoms with Gasteiger partial charge in [-0.15, -0.1) is 0 Å². The highest BCUT2D eigenvalue weighted by Crippen LogP contribution is 2.19. The Morgan fingerprint density at radius 1 is 1.16 bits per heavy atom. The quantitative estimate of drug-likeness (QED) is 0.743. The van der Waals surface area contributed by atoms with Crippen molar-refractivity contribution < 1.29 is 0 Å². The second kappa shape index (κ2) is 4.76. The average molecular weight is 251 g/mol. The molecule has 0 aliphatic carbocycles. The van der Waals surface area contributed by atoms with Crippen LogP contribution in [-0.2, 0) is 6.54 Å². The van der Waals surface area contributed by atoms with E-state index in [4.69, 9.17) is 0 Å². The van der Waals surface area contributed by atoms with E-state index in [0.29, 0.717) is 0 Å². The molecule has 19 heavy (non-hydrogen) atoms. The first-order valence-corrected chi connectivity index (χ1v) is 6.46. The number of nitrogens with zero attached hydrogens (tertiary/aromatic N) is 1. The number of rotatable bonds is 3. The molecule has 0 radical (unpaired) electrons. The van der Waals surface area contributed by atoms with Crippen molar-refractivity contribution in [1.29, 1.82) is 0 Å². The molecule has 0 bridgehead atoms. The van der Waals surface area contributed by atoms with E-state index in [2.05, 4.69) is 59.7 Å². The van der Waals surface area contributed by atoms with E-state index in [0.717, 1.165) is 23.1 Å². The Hall–Kier alpha value is -2.29. The summed E-state index contributed by atoms with van der Waals surface area (Å²) >= 11 is 0. The highest BCUT2D eigenvalue weighted by atomic mass is 15.1. The van der Waals surface area contributed by atoms with Crippen LogP contribution in [0.4, 0.5) is 5.69 Å². The largest absolute Gasteiger partial charge is 0.381 e. The lowest BCUT2D eigenvalue weighted by Gasteiger charge is -2.11. The van der Waals surface area contributed by atoms with E-state index in [-0.39, 0.29) is 0 Å². The van der Waals surface area contributed by atoms with E-state index in [1.54, 1.807) is 0 Å². The fourth-order valence-corrected chi connectivity index (χ4v) is 2.25. The van der Waals surface area contributed by atoms with Gasteiger partial charge in [0.1, 0.15) is 0 Å². The first kappa shape index (κ1) is 11.8. The van der Waals surface area contributed by atoms with Gasteiger partial charge in [0, 0.05) is 17.6 Å². The van der Waals surface area contributed by atoms with Gasteiger partial charge in [-0.1, -0.05) is 18.2 Å². The number of fused-ring (bicyclic) bond motifs is 1. The molecule has 0 atom stereocenters. The van der Waals surface area contributed by atoms with E-state index in [1.807, 2.05) is 12.3 Å². The molecule has 3 rings (SSSR count). The summed E-state index contributed by atoms with van der Waals surface area (Å²) in [6.45, 7) is 5.17. The van der Waals surface area contributed by atoms with Crippen LogP contribution in [0.5, 0.6) is 0 Å². The third kappa shape index (κ3) is 2.32. The normalized spacial score (nSPS) is 10.8. The maximum absolute atomic E-state index is 4.03. The number of anilines is 1. The topological polar surface area (TPSA) is 40.7 Å². The first-order valence-electron chi connectivity index (χ1n) is 6.46. The minimum Gasteiger partial charge on any atom is -0.381 e. The molecule has 0 spiro atoms. The molecule has 3 aromatic rings. The molecule has 0 saturated heterocycles. The van der Waals surface area contributed by atoms with Crippen molar-refractivity contribution in [3.05, 3.63) is 59.3 Å². The van der Waals surface area contributed by atoms with E-state index in [9.17, 15) is 0 Å². The van der Waals surface area contributed by atoms with Crippen LogP contribution in [0.3, 0.4) is 0 Å². The number of benzene rings is 2. The molecular formula is C16H17N3. The third-order valence-electron chi connectivity index (χ3n) is 3.64. The Bertz CT molecular complexity index is 713. The fraction of sp³-hybridized carbons (Fsp3) is 0.188. The van der Waals surface area contributed by atoms with Gasteiger partial charge in [0.05, 0.1) is 11.7 Å². The fourth-order valence-electron chi connectivity index (χ4n) is 2.25. The van der Waals surface area contributed by atoms with Crippen LogP contribution in [-0.4, -0.2) is 10.2 Å². The Kier molecular flexibility index (Phi) is 2.95. The Labute approximate surface area is 112 Å². The lowest BCUT2D eigenvalue weighted by atomic mass is 10.0. The first-order chi connectivity index (χ1) is 9.24. The molecule has 2 aromatic carbocycles. The van der Waals surface area contributed by atoms with Crippen LogP contribution in [0.2, 0.25) is 0 Å². The summed E-state index contributed by atoms with van der Waals surface area (Å²) in [5.41, 5.74) is 6.23. The molecule has 96 valence electrons. The lowest BCUT2D eigenvalue weighted by Crippen LogP contribution is -2.02. The molecule has 0 saturated carbocycles. The molecule has 1 heterocycles. The van der Waals surface area contributed by atoms with E-state index >= 15 is 0 Å². The Morgan fingerprint density at radius 3 is 2.95 bits per heavy atom. The zero-order valence-corrected chi connectivity index (χ0v) is 11.2. The van der Waals surface area contributed by atoms with Gasteiger partial charge in [-0.3, -0.25) is 5.10 Å². The summed E-state index contributed by atoms with van der Waals surface area (Å²) in [5.74, 6) is 0. The van der Waals surface area contributed by atoms with Crippen molar-refractivity contribution in [3.8, 4) is 0 Å². The average Bonchev–Trinajstić information content (AvgIpc) is 2.88. The predicted octanol–water partition coefficient (Wildman–Crippen LogP) is 3.79. The van der Waals surface area contributed by atoms with Gasteiger partial charge in [0.25, 0.3) is 0 Å². The van der Waals surface area contributed by atoms with Crippen molar-refractivity contribution in [2.24, 2.45) is 0 Å². The minimum atomic E-state index is 0.844. The van der Waals surface area contributed by atoms with Crippen LogP contribution in [0, 0.1) is 13.8 Å². The second-order valence-electron chi connectivity index (χ2n) is 4.88. The molecule has 0 aliphatic heterocycles. The summed E-state index contributed by atoms with van der Waals surface area (Å²) in [4.78, 5) is 0. The smallest absolute Gasteiger partial charge is 0.0651 e. The minimum absolute atomic E-state index is 0.844. The van der Waals surface area contributed by atoms with E-state index in [1.165, 1.54) is 16.7 Å². The number of nitrogens with one attached hydrogen (secondary N) is 2. The predicted molar refractivity (Wildman–Crippen MR) is 79.3 cm³/mol. The van der Waals surface area contributed by atoms with Crippen molar-refractivity contribution in [1.82, 2.24) is 10.2 Å². The molecule has 0 amide bonds. The van der Waals surface area contributed by atoms with E-state index < -0.39 is 0 Å². The molecule has 0 unspecified atom stereocenters. The molecule has 3 nitrogen and oxygen atoms in total. The van der Waals surface area contributed by atoms with Crippen molar-refractivity contribution in [3.63, 3.8) is 0 Å². The molecule has 0 aliphatic rings. The number of hydrogen-bond acceptors (Lipinski definition) is 2. The number of aromatic nitrogens is 2. The van der Waals surface area contributed by atoms with Crippen LogP contribution < -0.4 is 5.32 Å². The second-order valence-corrected chi connectivity index (χ2v) is 4.88. The van der Waals surface area contributed by atoms with Gasteiger partial charge in [-0.25, -0.2) is 0 Å². The number of hydrogen-bond donors (Lipinski definition) is 2. The molecule has 0 fully saturated rings.